The van der Waals surface area contributed by atoms with E-state index < -0.39 is 0 Å². The Morgan fingerprint density at radius 2 is 2.12 bits per heavy atom. The zero-order valence-corrected chi connectivity index (χ0v) is 10.3. The summed E-state index contributed by atoms with van der Waals surface area (Å²) in [6.45, 7) is 2.60. The monoisotopic (exact) mass is 222 g/mol. The van der Waals surface area contributed by atoms with E-state index in [1.54, 1.807) is 0 Å². The molecule has 1 saturated carbocycles. The summed E-state index contributed by atoms with van der Waals surface area (Å²) in [5, 5.41) is 0. The largest absolute Gasteiger partial charge is 0.465 e. The van der Waals surface area contributed by atoms with E-state index in [9.17, 15) is 0 Å². The van der Waals surface area contributed by atoms with Crippen LogP contribution in [-0.2, 0) is 0 Å². The molecule has 1 fully saturated rings. The summed E-state index contributed by atoms with van der Waals surface area (Å²) in [6, 6.07) is 4.98. The van der Waals surface area contributed by atoms with Crippen LogP contribution < -0.4 is 5.73 Å². The number of likely N-dealkylation sites (N-methyl/N-ethyl adjacent to an activating group) is 1. The molecule has 1 atom stereocenters. The van der Waals surface area contributed by atoms with Crippen LogP contribution in [0, 0.1) is 6.92 Å². The smallest absolute Gasteiger partial charge is 0.122 e. The summed E-state index contributed by atoms with van der Waals surface area (Å²) in [7, 11) is 2.17. The first-order valence-corrected chi connectivity index (χ1v) is 6.20. The van der Waals surface area contributed by atoms with Crippen molar-refractivity contribution in [3.63, 3.8) is 0 Å². The van der Waals surface area contributed by atoms with Gasteiger partial charge in [0, 0.05) is 12.6 Å². The minimum absolute atomic E-state index is 0.233. The lowest BCUT2D eigenvalue weighted by molar-refractivity contribution is 0.159. The van der Waals surface area contributed by atoms with Gasteiger partial charge in [-0.15, -0.1) is 0 Å². The summed E-state index contributed by atoms with van der Waals surface area (Å²) < 4.78 is 5.70. The first kappa shape index (κ1) is 11.7. The maximum Gasteiger partial charge on any atom is 0.122 e. The van der Waals surface area contributed by atoms with Crippen LogP contribution in [0.4, 0.5) is 0 Å². The molecular formula is C13H22N2O. The Morgan fingerprint density at radius 3 is 2.62 bits per heavy atom. The summed E-state index contributed by atoms with van der Waals surface area (Å²) in [6.07, 6.45) is 5.30. The molecule has 0 aliphatic heterocycles. The number of nitrogens with zero attached hydrogens (tertiary/aromatic N) is 1. The highest BCUT2D eigenvalue weighted by molar-refractivity contribution is 5.10. The molecule has 1 aromatic rings. The van der Waals surface area contributed by atoms with Gasteiger partial charge >= 0.3 is 0 Å². The quantitative estimate of drug-likeness (QED) is 0.851. The van der Waals surface area contributed by atoms with E-state index in [-0.39, 0.29) is 6.04 Å². The molecule has 0 bridgehead atoms. The molecule has 2 rings (SSSR count). The molecule has 2 N–H and O–H groups in total. The SMILES string of the molecule is Cc1ccc(C(CN)N(C)C2CCCC2)o1. The summed E-state index contributed by atoms with van der Waals surface area (Å²) in [5.74, 6) is 1.97. The van der Waals surface area contributed by atoms with Gasteiger partial charge in [0.25, 0.3) is 0 Å². The lowest BCUT2D eigenvalue weighted by atomic mass is 10.1. The molecule has 90 valence electrons. The predicted molar refractivity (Wildman–Crippen MR) is 65.3 cm³/mol. The van der Waals surface area contributed by atoms with Gasteiger partial charge in [0.1, 0.15) is 11.5 Å². The zero-order chi connectivity index (χ0) is 11.5. The second-order valence-electron chi connectivity index (χ2n) is 4.80. The Hall–Kier alpha value is -0.800. The number of nitrogens with two attached hydrogens (primary N) is 1. The maximum atomic E-state index is 5.88. The molecule has 3 nitrogen and oxygen atoms in total. The number of aryl methyl sites for hydroxylation is 1. The van der Waals surface area contributed by atoms with Gasteiger partial charge in [0.15, 0.2) is 0 Å². The Balaban J connectivity index is 2.09. The number of furan rings is 1. The van der Waals surface area contributed by atoms with Crippen molar-refractivity contribution in [2.24, 2.45) is 5.73 Å². The van der Waals surface area contributed by atoms with Crippen LogP contribution in [0.3, 0.4) is 0 Å². The summed E-state index contributed by atoms with van der Waals surface area (Å²) in [5.41, 5.74) is 5.88. The molecule has 0 spiro atoms. The predicted octanol–water partition coefficient (Wildman–Crippen LogP) is 2.46. The molecule has 1 heterocycles. The average Bonchev–Trinajstić information content (AvgIpc) is 2.90. The van der Waals surface area contributed by atoms with Crippen molar-refractivity contribution in [1.29, 1.82) is 0 Å². The van der Waals surface area contributed by atoms with Crippen molar-refractivity contribution in [2.75, 3.05) is 13.6 Å². The third-order valence-corrected chi connectivity index (χ3v) is 3.71. The van der Waals surface area contributed by atoms with E-state index in [0.717, 1.165) is 11.5 Å². The average molecular weight is 222 g/mol. The van der Waals surface area contributed by atoms with E-state index in [1.165, 1.54) is 25.7 Å². The normalized spacial score (nSPS) is 19.5. The third-order valence-electron chi connectivity index (χ3n) is 3.71. The summed E-state index contributed by atoms with van der Waals surface area (Å²) >= 11 is 0. The summed E-state index contributed by atoms with van der Waals surface area (Å²) in [4.78, 5) is 2.39. The molecular weight excluding hydrogens is 200 g/mol. The van der Waals surface area contributed by atoms with Gasteiger partial charge in [-0.3, -0.25) is 4.90 Å². The number of hydrogen-bond donors (Lipinski definition) is 1. The van der Waals surface area contributed by atoms with Crippen molar-refractivity contribution in [3.8, 4) is 0 Å². The fourth-order valence-corrected chi connectivity index (χ4v) is 2.68. The lowest BCUT2D eigenvalue weighted by Crippen LogP contribution is -2.36. The van der Waals surface area contributed by atoms with Crippen LogP contribution >= 0.6 is 0 Å². The van der Waals surface area contributed by atoms with Crippen LogP contribution in [0.25, 0.3) is 0 Å². The number of rotatable bonds is 4. The van der Waals surface area contributed by atoms with Gasteiger partial charge < -0.3 is 10.2 Å². The van der Waals surface area contributed by atoms with Crippen LogP contribution in [0.1, 0.15) is 43.2 Å². The fraction of sp³-hybridized carbons (Fsp3) is 0.692. The Bertz CT molecular complexity index is 328. The molecule has 3 heteroatoms. The first-order chi connectivity index (χ1) is 7.72. The molecule has 0 aromatic carbocycles. The topological polar surface area (TPSA) is 42.4 Å². The van der Waals surface area contributed by atoms with E-state index in [1.807, 2.05) is 13.0 Å². The van der Waals surface area contributed by atoms with E-state index >= 15 is 0 Å². The minimum atomic E-state index is 0.233. The van der Waals surface area contributed by atoms with Crippen LogP contribution in [0.2, 0.25) is 0 Å². The van der Waals surface area contributed by atoms with Crippen LogP contribution in [0.15, 0.2) is 16.5 Å². The van der Waals surface area contributed by atoms with E-state index in [2.05, 4.69) is 18.0 Å². The van der Waals surface area contributed by atoms with Gasteiger partial charge in [-0.05, 0) is 38.9 Å². The van der Waals surface area contributed by atoms with Gasteiger partial charge in [-0.2, -0.15) is 0 Å². The highest BCUT2D eigenvalue weighted by Gasteiger charge is 2.27. The maximum absolute atomic E-state index is 5.88. The van der Waals surface area contributed by atoms with Crippen molar-refractivity contribution in [2.45, 2.75) is 44.7 Å². The van der Waals surface area contributed by atoms with Crippen molar-refractivity contribution in [1.82, 2.24) is 4.90 Å². The Morgan fingerprint density at radius 1 is 1.44 bits per heavy atom. The van der Waals surface area contributed by atoms with Gasteiger partial charge in [0.05, 0.1) is 6.04 Å². The van der Waals surface area contributed by atoms with Crippen LogP contribution in [0.5, 0.6) is 0 Å². The Kier molecular flexibility index (Phi) is 3.66. The number of hydrogen-bond acceptors (Lipinski definition) is 3. The second-order valence-corrected chi connectivity index (χ2v) is 4.80. The molecule has 1 unspecified atom stereocenters. The van der Waals surface area contributed by atoms with Crippen molar-refractivity contribution in [3.05, 3.63) is 23.7 Å². The van der Waals surface area contributed by atoms with Crippen molar-refractivity contribution < 1.29 is 4.42 Å². The lowest BCUT2D eigenvalue weighted by Gasteiger charge is -2.30. The molecule has 0 radical (unpaired) electrons. The first-order valence-electron chi connectivity index (χ1n) is 6.20. The van der Waals surface area contributed by atoms with E-state index in [4.69, 9.17) is 10.2 Å². The minimum Gasteiger partial charge on any atom is -0.465 e. The Labute approximate surface area is 97.6 Å². The third kappa shape index (κ3) is 2.30. The standard InChI is InChI=1S/C13H22N2O/c1-10-7-8-13(16-10)12(9-14)15(2)11-5-3-4-6-11/h7-8,11-12H,3-6,9,14H2,1-2H3. The van der Waals surface area contributed by atoms with Crippen LogP contribution in [-0.4, -0.2) is 24.5 Å². The van der Waals surface area contributed by atoms with Gasteiger partial charge in [-0.25, -0.2) is 0 Å². The molecule has 16 heavy (non-hydrogen) atoms. The molecule has 1 aliphatic carbocycles. The molecule has 1 aromatic heterocycles. The van der Waals surface area contributed by atoms with Crippen molar-refractivity contribution >= 4 is 0 Å². The zero-order valence-electron chi connectivity index (χ0n) is 10.3. The molecule has 0 saturated heterocycles. The van der Waals surface area contributed by atoms with Gasteiger partial charge in [-0.1, -0.05) is 12.8 Å². The molecule has 0 amide bonds. The highest BCUT2D eigenvalue weighted by atomic mass is 16.3. The molecule has 1 aliphatic rings. The van der Waals surface area contributed by atoms with Gasteiger partial charge in [0.2, 0.25) is 0 Å². The highest BCUT2D eigenvalue weighted by Crippen LogP contribution is 2.29. The second kappa shape index (κ2) is 5.02. The van der Waals surface area contributed by atoms with E-state index in [0.29, 0.717) is 12.6 Å². The fourth-order valence-electron chi connectivity index (χ4n) is 2.68.